The predicted molar refractivity (Wildman–Crippen MR) is 70.4 cm³/mol. The Balaban J connectivity index is 8.31. The highest BCUT2D eigenvalue weighted by atomic mass is 19.4. The van der Waals surface area contributed by atoms with Gasteiger partial charge in [0.25, 0.3) is 0 Å². The maximum absolute atomic E-state index is 14.2. The molecule has 0 aliphatic carbocycles. The van der Waals surface area contributed by atoms with Gasteiger partial charge in [-0.3, -0.25) is 0 Å². The topological polar surface area (TPSA) is 12.5 Å². The zero-order valence-corrected chi connectivity index (χ0v) is 17.7. The zero-order valence-electron chi connectivity index (χ0n) is 17.7. The lowest BCUT2D eigenvalue weighted by atomic mass is 9.86. The molecule has 0 heterocycles. The first-order valence-electron chi connectivity index (χ1n) is 8.45. The highest BCUT2D eigenvalue weighted by Crippen LogP contribution is 2.66. The fourth-order valence-electron chi connectivity index (χ4n) is 2.58. The molecule has 0 N–H and O–H groups in total. The molecule has 0 bridgehead atoms. The van der Waals surface area contributed by atoms with Gasteiger partial charge in [-0.1, -0.05) is 0 Å². The summed E-state index contributed by atoms with van der Waals surface area (Å²) in [6, 6.07) is -28.7. The normalized spacial score (nSPS) is 17.0. The SMILES string of the molecule is COC(C(F)(F)F)(C(F)(F)F)C(F)(F)C(F)(F)C(F)(F)N(C(F)(F)C(F)(F)C(F)(F)F)C(F)(F)C(F)(F)C(F)(F)F. The van der Waals surface area contributed by atoms with Gasteiger partial charge in [0.1, 0.15) is 0 Å². The van der Waals surface area contributed by atoms with Crippen LogP contribution < -0.4 is 0 Å². The molecule has 2 nitrogen and oxygen atoms in total. The number of rotatable bonds is 9. The summed E-state index contributed by atoms with van der Waals surface area (Å²) in [5.41, 5.74) is -8.28. The number of alkyl halides is 26. The van der Waals surface area contributed by atoms with Gasteiger partial charge in [0, 0.05) is 7.11 Å². The van der Waals surface area contributed by atoms with Crippen molar-refractivity contribution in [3.8, 4) is 0 Å². The molecule has 0 saturated carbocycles. The van der Waals surface area contributed by atoms with E-state index in [2.05, 4.69) is 0 Å². The van der Waals surface area contributed by atoms with Crippen molar-refractivity contribution in [1.82, 2.24) is 4.90 Å². The van der Waals surface area contributed by atoms with Crippen molar-refractivity contribution in [1.29, 1.82) is 0 Å². The Kier molecular flexibility index (Phi) is 9.11. The molecular formula is C13H3F26NO. The van der Waals surface area contributed by atoms with E-state index < -0.39 is 84.1 Å². The van der Waals surface area contributed by atoms with Gasteiger partial charge in [0.05, 0.1) is 0 Å². The van der Waals surface area contributed by atoms with Crippen LogP contribution in [0.25, 0.3) is 0 Å². The number of nitrogens with zero attached hydrogens (tertiary/aromatic N) is 1. The molecule has 0 rings (SSSR count). The van der Waals surface area contributed by atoms with Gasteiger partial charge in [-0.25, -0.2) is 0 Å². The quantitative estimate of drug-likeness (QED) is 0.180. The second kappa shape index (κ2) is 9.55. The van der Waals surface area contributed by atoms with Crippen molar-refractivity contribution < 1.29 is 119 Å². The van der Waals surface area contributed by atoms with E-state index in [-0.39, 0.29) is 0 Å². The van der Waals surface area contributed by atoms with Crippen LogP contribution in [0.5, 0.6) is 0 Å². The van der Waals surface area contributed by atoms with Crippen LogP contribution in [0.3, 0.4) is 0 Å². The number of halogens is 26. The first-order chi connectivity index (χ1) is 17.2. The van der Waals surface area contributed by atoms with Crippen molar-refractivity contribution in [3.05, 3.63) is 0 Å². The van der Waals surface area contributed by atoms with Gasteiger partial charge < -0.3 is 4.74 Å². The number of hydrogen-bond acceptors (Lipinski definition) is 2. The van der Waals surface area contributed by atoms with E-state index in [0.717, 1.165) is 0 Å². The lowest BCUT2D eigenvalue weighted by molar-refractivity contribution is -0.531. The van der Waals surface area contributed by atoms with Crippen LogP contribution in [-0.2, 0) is 4.74 Å². The Morgan fingerprint density at radius 1 is 0.317 bits per heavy atom. The summed E-state index contributed by atoms with van der Waals surface area (Å²) < 4.78 is 345. The molecule has 0 unspecified atom stereocenters. The summed E-state index contributed by atoms with van der Waals surface area (Å²) in [6.07, 6.45) is -33.6. The number of hydrogen-bond donors (Lipinski definition) is 0. The fourth-order valence-corrected chi connectivity index (χ4v) is 2.58. The number of methoxy groups -OCH3 is 1. The molecule has 0 aliphatic rings. The van der Waals surface area contributed by atoms with E-state index in [9.17, 15) is 114 Å². The summed E-state index contributed by atoms with van der Waals surface area (Å²) in [5.74, 6) is -37.0. The Bertz CT molecular complexity index is 879. The first-order valence-corrected chi connectivity index (χ1v) is 8.45. The van der Waals surface area contributed by atoms with Gasteiger partial charge in [0.15, 0.2) is 0 Å². The highest BCUT2D eigenvalue weighted by Gasteiger charge is 2.97. The van der Waals surface area contributed by atoms with Crippen LogP contribution in [0, 0.1) is 0 Å². The third kappa shape index (κ3) is 4.96. The lowest BCUT2D eigenvalue weighted by Crippen LogP contribution is -2.82. The minimum absolute atomic E-state index is 1.38. The van der Waals surface area contributed by atoms with Gasteiger partial charge >= 0.3 is 72.1 Å². The average Bonchev–Trinajstić information content (AvgIpc) is 2.62. The summed E-state index contributed by atoms with van der Waals surface area (Å²) in [5, 5.41) is 0. The maximum atomic E-state index is 14.2. The molecule has 0 aliphatic heterocycles. The summed E-state index contributed by atoms with van der Waals surface area (Å²) in [6.45, 7) is 0. The minimum Gasteiger partial charge on any atom is -0.357 e. The molecule has 0 spiro atoms. The van der Waals surface area contributed by atoms with Gasteiger partial charge in [-0.2, -0.15) is 114 Å². The van der Waals surface area contributed by atoms with Crippen LogP contribution in [0.4, 0.5) is 114 Å². The molecule has 28 heteroatoms. The molecular weight excluding hydrogens is 680 g/mol. The van der Waals surface area contributed by atoms with Crippen molar-refractivity contribution >= 4 is 0 Å². The van der Waals surface area contributed by atoms with E-state index in [1.807, 2.05) is 4.74 Å². The van der Waals surface area contributed by atoms with Crippen molar-refractivity contribution in [2.24, 2.45) is 0 Å². The monoisotopic (exact) mass is 683 g/mol. The van der Waals surface area contributed by atoms with Crippen LogP contribution in [0.15, 0.2) is 0 Å². The molecule has 0 aromatic rings. The van der Waals surface area contributed by atoms with E-state index in [1.165, 1.54) is 0 Å². The first kappa shape index (κ1) is 39.1. The van der Waals surface area contributed by atoms with Crippen molar-refractivity contribution in [2.45, 2.75) is 72.1 Å². The smallest absolute Gasteiger partial charge is 0.357 e. The Labute approximate surface area is 204 Å². The van der Waals surface area contributed by atoms with E-state index >= 15 is 0 Å². The summed E-state index contributed by atoms with van der Waals surface area (Å²) in [7, 11) is -1.38. The molecule has 0 fully saturated rings. The molecule has 0 aromatic carbocycles. The molecule has 0 radical (unpaired) electrons. The summed E-state index contributed by atoms with van der Waals surface area (Å²) in [4.78, 5) is -5.92. The maximum Gasteiger partial charge on any atom is 0.461 e. The predicted octanol–water partition coefficient (Wildman–Crippen LogP) is 8.24. The Morgan fingerprint density at radius 3 is 0.707 bits per heavy atom. The molecule has 0 aromatic heterocycles. The van der Waals surface area contributed by atoms with Gasteiger partial charge in [-0.05, 0) is 0 Å². The van der Waals surface area contributed by atoms with E-state index in [4.69, 9.17) is 0 Å². The van der Waals surface area contributed by atoms with E-state index in [0.29, 0.717) is 0 Å². The minimum atomic E-state index is -9.78. The lowest BCUT2D eigenvalue weighted by Gasteiger charge is -2.50. The van der Waals surface area contributed by atoms with E-state index in [1.54, 1.807) is 0 Å². The third-order valence-corrected chi connectivity index (χ3v) is 4.63. The van der Waals surface area contributed by atoms with Gasteiger partial charge in [0.2, 0.25) is 0 Å². The van der Waals surface area contributed by atoms with Crippen molar-refractivity contribution in [2.75, 3.05) is 7.11 Å². The van der Waals surface area contributed by atoms with Crippen LogP contribution in [-0.4, -0.2) is 84.1 Å². The zero-order chi connectivity index (χ0) is 34.3. The van der Waals surface area contributed by atoms with Gasteiger partial charge in [-0.15, -0.1) is 4.90 Å². The molecule has 248 valence electrons. The summed E-state index contributed by atoms with van der Waals surface area (Å²) >= 11 is 0. The third-order valence-electron chi connectivity index (χ3n) is 4.63. The molecule has 0 saturated heterocycles. The Morgan fingerprint density at radius 2 is 0.537 bits per heavy atom. The Hall–Kier alpha value is -1.90. The van der Waals surface area contributed by atoms with Crippen LogP contribution in [0.2, 0.25) is 0 Å². The average molecular weight is 683 g/mol. The largest absolute Gasteiger partial charge is 0.461 e. The molecule has 0 atom stereocenters. The standard InChI is InChI=1S/C13H3F26NO/c1-41-2(7(22,23)24,8(25,26)27)3(14,15)4(16,17)11(34,35)40(12(36,37)5(18,19)9(28,29)30)13(38,39)6(20,21)10(31,32)33/h1H3. The second-order valence-electron chi connectivity index (χ2n) is 7.13. The molecule has 0 amide bonds. The second-order valence-corrected chi connectivity index (χ2v) is 7.13. The molecule has 41 heavy (non-hydrogen) atoms. The fraction of sp³-hybridized carbons (Fsp3) is 1.00. The number of ether oxygens (including phenoxy) is 1. The highest BCUT2D eigenvalue weighted by molar-refractivity contribution is 5.17. The van der Waals surface area contributed by atoms with Crippen LogP contribution in [0.1, 0.15) is 0 Å². The van der Waals surface area contributed by atoms with Crippen LogP contribution >= 0.6 is 0 Å². The van der Waals surface area contributed by atoms with Crippen molar-refractivity contribution in [3.63, 3.8) is 0 Å².